The van der Waals surface area contributed by atoms with Gasteiger partial charge in [0.25, 0.3) is 0 Å². The van der Waals surface area contributed by atoms with E-state index in [4.69, 9.17) is 0 Å². The molecule has 0 spiro atoms. The Morgan fingerprint density at radius 1 is 0.958 bits per heavy atom. The van der Waals surface area contributed by atoms with Crippen molar-refractivity contribution in [3.8, 4) is 0 Å². The van der Waals surface area contributed by atoms with Gasteiger partial charge in [-0.15, -0.1) is 0 Å². The van der Waals surface area contributed by atoms with E-state index >= 15 is 0 Å². The van der Waals surface area contributed by atoms with Crippen LogP contribution in [-0.2, 0) is 26.6 Å². The molecule has 0 atom stereocenters. The summed E-state index contributed by atoms with van der Waals surface area (Å²) in [4.78, 5) is 6.59. The van der Waals surface area contributed by atoms with Crippen LogP contribution in [0.4, 0.5) is 0 Å². The topological polar surface area (TPSA) is 34.0 Å². The van der Waals surface area contributed by atoms with Crippen LogP contribution < -0.4 is 0 Å². The minimum Gasteiger partial charge on any atom is -0.294 e. The van der Waals surface area contributed by atoms with Gasteiger partial charge in [0.2, 0.25) is 0 Å². The predicted octanol–water partition coefficient (Wildman–Crippen LogP) is 3.37. The first kappa shape index (κ1) is 16.4. The summed E-state index contributed by atoms with van der Waals surface area (Å²) in [6.07, 6.45) is 6.89. The number of rotatable bonds is 7. The summed E-state index contributed by atoms with van der Waals surface area (Å²) in [7, 11) is 1.98. The average Bonchev–Trinajstić information content (AvgIpc) is 2.92. The van der Waals surface area contributed by atoms with Gasteiger partial charge in [0, 0.05) is 50.8 Å². The van der Waals surface area contributed by atoms with Gasteiger partial charge in [0.1, 0.15) is 0 Å². The van der Waals surface area contributed by atoms with E-state index in [9.17, 15) is 0 Å². The summed E-state index contributed by atoms with van der Waals surface area (Å²) in [5.74, 6) is 0. The maximum Gasteiger partial charge on any atom is 0.0638 e. The van der Waals surface area contributed by atoms with Gasteiger partial charge in [0.15, 0.2) is 0 Å². The molecule has 0 amide bonds. The summed E-state index contributed by atoms with van der Waals surface area (Å²) in [6, 6.07) is 14.8. The lowest BCUT2D eigenvalue weighted by molar-refractivity contribution is 0.259. The van der Waals surface area contributed by atoms with Crippen molar-refractivity contribution < 1.29 is 0 Å². The largest absolute Gasteiger partial charge is 0.294 e. The molecule has 0 saturated carbocycles. The Morgan fingerprint density at radius 3 is 2.38 bits per heavy atom. The van der Waals surface area contributed by atoms with Gasteiger partial charge < -0.3 is 0 Å². The first-order valence-corrected chi connectivity index (χ1v) is 8.35. The van der Waals surface area contributed by atoms with E-state index in [0.29, 0.717) is 0 Å². The maximum atomic E-state index is 4.47. The van der Waals surface area contributed by atoms with Crippen molar-refractivity contribution in [2.75, 3.05) is 6.54 Å². The second-order valence-corrected chi connectivity index (χ2v) is 6.22. The molecule has 0 bridgehead atoms. The highest BCUT2D eigenvalue weighted by Gasteiger charge is 2.11. The van der Waals surface area contributed by atoms with E-state index in [1.165, 1.54) is 16.7 Å². The Labute approximate surface area is 143 Å². The fourth-order valence-electron chi connectivity index (χ4n) is 2.94. The monoisotopic (exact) mass is 320 g/mol. The van der Waals surface area contributed by atoms with Crippen LogP contribution in [0.25, 0.3) is 0 Å². The lowest BCUT2D eigenvalue weighted by Gasteiger charge is -2.22. The molecule has 0 aliphatic rings. The number of hydrogen-bond donors (Lipinski definition) is 0. The van der Waals surface area contributed by atoms with Crippen LogP contribution in [0.5, 0.6) is 0 Å². The lowest BCUT2D eigenvalue weighted by atomic mass is 10.1. The molecule has 0 unspecified atom stereocenters. The van der Waals surface area contributed by atoms with Crippen LogP contribution in [0.3, 0.4) is 0 Å². The zero-order valence-electron chi connectivity index (χ0n) is 14.4. The van der Waals surface area contributed by atoms with Gasteiger partial charge in [-0.3, -0.25) is 14.6 Å². The number of aromatic nitrogens is 3. The lowest BCUT2D eigenvalue weighted by Crippen LogP contribution is -2.25. The van der Waals surface area contributed by atoms with Crippen molar-refractivity contribution >= 4 is 0 Å². The molecule has 4 heteroatoms. The molecule has 0 fully saturated rings. The molecule has 0 radical (unpaired) electrons. The minimum atomic E-state index is 0.912. The van der Waals surface area contributed by atoms with Crippen molar-refractivity contribution in [2.45, 2.75) is 26.4 Å². The zero-order valence-corrected chi connectivity index (χ0v) is 14.4. The van der Waals surface area contributed by atoms with Crippen LogP contribution in [0.2, 0.25) is 0 Å². The molecular formula is C20H24N4. The van der Waals surface area contributed by atoms with Crippen molar-refractivity contribution in [1.29, 1.82) is 0 Å². The third-order valence-electron chi connectivity index (χ3n) is 4.22. The number of benzene rings is 1. The Hall–Kier alpha value is -2.46. The zero-order chi connectivity index (χ0) is 16.8. The van der Waals surface area contributed by atoms with Crippen LogP contribution in [-0.4, -0.2) is 26.2 Å². The molecule has 4 nitrogen and oxygen atoms in total. The van der Waals surface area contributed by atoms with Crippen LogP contribution in [0.15, 0.2) is 61.1 Å². The molecule has 0 saturated heterocycles. The van der Waals surface area contributed by atoms with E-state index in [0.717, 1.165) is 31.7 Å². The number of hydrogen-bond acceptors (Lipinski definition) is 3. The SMILES string of the molecule is Cc1nn(C)cc1CN(CCc1ccccc1)Cc1ccncc1. The number of aryl methyl sites for hydroxylation is 2. The van der Waals surface area contributed by atoms with Crippen molar-refractivity contribution in [2.24, 2.45) is 7.05 Å². The molecule has 2 aromatic heterocycles. The second-order valence-electron chi connectivity index (χ2n) is 6.22. The van der Waals surface area contributed by atoms with Gasteiger partial charge in [-0.05, 0) is 36.6 Å². The van der Waals surface area contributed by atoms with Crippen molar-refractivity contribution in [3.63, 3.8) is 0 Å². The molecule has 0 N–H and O–H groups in total. The van der Waals surface area contributed by atoms with Crippen molar-refractivity contribution in [1.82, 2.24) is 19.7 Å². The smallest absolute Gasteiger partial charge is 0.0638 e. The Morgan fingerprint density at radius 2 is 1.71 bits per heavy atom. The summed E-state index contributed by atoms with van der Waals surface area (Å²) in [6.45, 7) is 4.93. The molecule has 24 heavy (non-hydrogen) atoms. The fourth-order valence-corrected chi connectivity index (χ4v) is 2.94. The van der Waals surface area contributed by atoms with Gasteiger partial charge in [0.05, 0.1) is 5.69 Å². The molecule has 2 heterocycles. The summed E-state index contributed by atoms with van der Waals surface area (Å²) in [5.41, 5.74) is 5.07. The number of nitrogens with zero attached hydrogens (tertiary/aromatic N) is 4. The highest BCUT2D eigenvalue weighted by Crippen LogP contribution is 2.13. The average molecular weight is 320 g/mol. The highest BCUT2D eigenvalue weighted by molar-refractivity contribution is 5.17. The van der Waals surface area contributed by atoms with E-state index in [2.05, 4.69) is 70.6 Å². The van der Waals surface area contributed by atoms with Crippen molar-refractivity contribution in [3.05, 3.63) is 83.4 Å². The first-order valence-electron chi connectivity index (χ1n) is 8.35. The standard InChI is InChI=1S/C20H24N4/c1-17-20(15-23(2)22-17)16-24(14-19-8-11-21-12-9-19)13-10-18-6-4-3-5-7-18/h3-9,11-12,15H,10,13-14,16H2,1-2H3. The van der Waals surface area contributed by atoms with Gasteiger partial charge in [-0.2, -0.15) is 5.10 Å². The molecular weight excluding hydrogens is 296 g/mol. The van der Waals surface area contributed by atoms with Gasteiger partial charge in [-0.1, -0.05) is 30.3 Å². The molecule has 1 aromatic carbocycles. The highest BCUT2D eigenvalue weighted by atomic mass is 15.3. The molecule has 3 rings (SSSR count). The fraction of sp³-hybridized carbons (Fsp3) is 0.300. The summed E-state index contributed by atoms with van der Waals surface area (Å²) in [5, 5.41) is 4.47. The minimum absolute atomic E-state index is 0.912. The third kappa shape index (κ3) is 4.52. The van der Waals surface area contributed by atoms with Gasteiger partial charge >= 0.3 is 0 Å². The maximum absolute atomic E-state index is 4.47. The first-order chi connectivity index (χ1) is 11.7. The van der Waals surface area contributed by atoms with E-state index < -0.39 is 0 Å². The molecule has 124 valence electrons. The third-order valence-corrected chi connectivity index (χ3v) is 4.22. The van der Waals surface area contributed by atoms with Crippen LogP contribution in [0.1, 0.15) is 22.4 Å². The van der Waals surface area contributed by atoms with Crippen LogP contribution >= 0.6 is 0 Å². The molecule has 3 aromatic rings. The summed E-state index contributed by atoms with van der Waals surface area (Å²) >= 11 is 0. The van der Waals surface area contributed by atoms with Crippen LogP contribution in [0, 0.1) is 6.92 Å². The van der Waals surface area contributed by atoms with E-state index in [1.54, 1.807) is 0 Å². The number of pyridine rings is 1. The normalized spacial score (nSPS) is 11.1. The van der Waals surface area contributed by atoms with E-state index in [1.807, 2.05) is 24.1 Å². The second kappa shape index (κ2) is 7.88. The Balaban J connectivity index is 1.71. The summed E-state index contributed by atoms with van der Waals surface area (Å²) < 4.78 is 1.90. The van der Waals surface area contributed by atoms with Gasteiger partial charge in [-0.25, -0.2) is 0 Å². The quantitative estimate of drug-likeness (QED) is 0.669. The predicted molar refractivity (Wildman–Crippen MR) is 96.4 cm³/mol. The molecule has 0 aliphatic carbocycles. The Kier molecular flexibility index (Phi) is 5.39. The Bertz CT molecular complexity index is 750. The van der Waals surface area contributed by atoms with E-state index in [-0.39, 0.29) is 0 Å². The molecule has 0 aliphatic heterocycles.